The van der Waals surface area contributed by atoms with Crippen LogP contribution in [0.25, 0.3) is 0 Å². The predicted octanol–water partition coefficient (Wildman–Crippen LogP) is 4.43. The minimum Gasteiger partial charge on any atom is -0.278 e. The normalized spacial score (nSPS) is 11.0. The van der Waals surface area contributed by atoms with Crippen LogP contribution >= 0.6 is 39.1 Å². The Morgan fingerprint density at radius 3 is 2.48 bits per heavy atom. The van der Waals surface area contributed by atoms with Crippen molar-refractivity contribution in [3.8, 4) is 6.07 Å². The maximum atomic E-state index is 12.3. The van der Waals surface area contributed by atoms with Crippen molar-refractivity contribution in [1.82, 2.24) is 0 Å². The first-order valence-electron chi connectivity index (χ1n) is 5.51. The SMILES string of the molecule is N#Cc1ccc(NS(=O)(=O)c2cc(Cl)ccc2Cl)c(Br)c1. The molecule has 0 atom stereocenters. The van der Waals surface area contributed by atoms with Crippen molar-refractivity contribution in [1.29, 1.82) is 5.26 Å². The molecule has 2 aromatic carbocycles. The zero-order valence-electron chi connectivity index (χ0n) is 10.3. The van der Waals surface area contributed by atoms with E-state index in [1.54, 1.807) is 0 Å². The molecular weight excluding hydrogens is 399 g/mol. The summed E-state index contributed by atoms with van der Waals surface area (Å²) in [6.45, 7) is 0. The van der Waals surface area contributed by atoms with Crippen LogP contribution in [-0.2, 0) is 10.0 Å². The molecule has 8 heteroatoms. The number of benzene rings is 2. The number of nitrogens with zero attached hydrogens (tertiary/aromatic N) is 1. The number of sulfonamides is 1. The lowest BCUT2D eigenvalue weighted by Gasteiger charge is -2.11. The minimum atomic E-state index is -3.89. The first-order chi connectivity index (χ1) is 9.83. The molecule has 0 spiro atoms. The van der Waals surface area contributed by atoms with Crippen molar-refractivity contribution in [2.45, 2.75) is 4.90 Å². The third-order valence-corrected chi connectivity index (χ3v) is 5.26. The molecule has 0 aliphatic heterocycles. The van der Waals surface area contributed by atoms with E-state index in [9.17, 15) is 8.42 Å². The van der Waals surface area contributed by atoms with Gasteiger partial charge < -0.3 is 0 Å². The first kappa shape index (κ1) is 16.1. The maximum absolute atomic E-state index is 12.3. The van der Waals surface area contributed by atoms with Crippen molar-refractivity contribution in [3.05, 3.63) is 56.5 Å². The molecule has 0 bridgehead atoms. The van der Waals surface area contributed by atoms with Gasteiger partial charge in [-0.2, -0.15) is 5.26 Å². The Bertz CT molecular complexity index is 848. The molecular formula is C13H7BrCl2N2O2S. The fourth-order valence-corrected chi connectivity index (χ4v) is 4.00. The molecule has 0 heterocycles. The molecule has 0 saturated heterocycles. The van der Waals surface area contributed by atoms with Crippen molar-refractivity contribution in [3.63, 3.8) is 0 Å². The average Bonchev–Trinajstić information content (AvgIpc) is 2.43. The standard InChI is InChI=1S/C13H7BrCl2N2O2S/c14-10-5-8(7-17)1-4-12(10)18-21(19,20)13-6-9(15)2-3-11(13)16/h1-6,18H. The van der Waals surface area contributed by atoms with Crippen LogP contribution in [-0.4, -0.2) is 8.42 Å². The van der Waals surface area contributed by atoms with Crippen LogP contribution in [0.5, 0.6) is 0 Å². The fourth-order valence-electron chi connectivity index (χ4n) is 1.55. The van der Waals surface area contributed by atoms with Crippen LogP contribution in [0.4, 0.5) is 5.69 Å². The smallest absolute Gasteiger partial charge is 0.263 e. The van der Waals surface area contributed by atoms with Crippen molar-refractivity contribution in [2.75, 3.05) is 4.72 Å². The van der Waals surface area contributed by atoms with Crippen molar-refractivity contribution < 1.29 is 8.42 Å². The summed E-state index contributed by atoms with van der Waals surface area (Å²) < 4.78 is 27.5. The van der Waals surface area contributed by atoms with Crippen LogP contribution in [0.2, 0.25) is 10.0 Å². The van der Waals surface area contributed by atoms with Gasteiger partial charge in [-0.25, -0.2) is 8.42 Å². The van der Waals surface area contributed by atoms with Crippen LogP contribution in [0, 0.1) is 11.3 Å². The third-order valence-electron chi connectivity index (χ3n) is 2.53. The summed E-state index contributed by atoms with van der Waals surface area (Å²) in [5, 5.41) is 9.12. The Balaban J connectivity index is 2.43. The summed E-state index contributed by atoms with van der Waals surface area (Å²) in [6.07, 6.45) is 0. The molecule has 2 aromatic rings. The molecule has 1 N–H and O–H groups in total. The summed E-state index contributed by atoms with van der Waals surface area (Å²) in [4.78, 5) is -0.118. The second kappa shape index (κ2) is 6.24. The highest BCUT2D eigenvalue weighted by molar-refractivity contribution is 9.10. The summed E-state index contributed by atoms with van der Waals surface area (Å²) >= 11 is 14.9. The largest absolute Gasteiger partial charge is 0.278 e. The second-order valence-corrected chi connectivity index (χ2v) is 7.34. The zero-order chi connectivity index (χ0) is 15.6. The van der Waals surface area contributed by atoms with Gasteiger partial charge in [0, 0.05) is 9.50 Å². The summed E-state index contributed by atoms with van der Waals surface area (Å²) in [7, 11) is -3.89. The number of halogens is 3. The van der Waals surface area contributed by atoms with Crippen molar-refractivity contribution in [2.24, 2.45) is 0 Å². The van der Waals surface area contributed by atoms with Gasteiger partial charge in [0.05, 0.1) is 22.3 Å². The van der Waals surface area contributed by atoms with Gasteiger partial charge in [-0.1, -0.05) is 23.2 Å². The lowest BCUT2D eigenvalue weighted by molar-refractivity contribution is 0.601. The topological polar surface area (TPSA) is 70.0 Å². The molecule has 0 aromatic heterocycles. The van der Waals surface area contributed by atoms with E-state index in [0.29, 0.717) is 15.7 Å². The Labute approximate surface area is 140 Å². The van der Waals surface area contributed by atoms with E-state index < -0.39 is 10.0 Å². The summed E-state index contributed by atoms with van der Waals surface area (Å²) in [5.74, 6) is 0. The van der Waals surface area contributed by atoms with Gasteiger partial charge in [0.1, 0.15) is 4.90 Å². The predicted molar refractivity (Wildman–Crippen MR) is 86.1 cm³/mol. The van der Waals surface area contributed by atoms with Crippen LogP contribution in [0.1, 0.15) is 5.56 Å². The number of nitrogens with one attached hydrogen (secondary N) is 1. The minimum absolute atomic E-state index is 0.0664. The van der Waals surface area contributed by atoms with Gasteiger partial charge in [-0.3, -0.25) is 4.72 Å². The number of hydrogen-bond acceptors (Lipinski definition) is 3. The van der Waals surface area contributed by atoms with E-state index in [2.05, 4.69) is 20.7 Å². The van der Waals surface area contributed by atoms with Crippen LogP contribution < -0.4 is 4.72 Å². The van der Waals surface area contributed by atoms with E-state index >= 15 is 0 Å². The molecule has 0 radical (unpaired) electrons. The molecule has 0 unspecified atom stereocenters. The molecule has 0 aliphatic carbocycles. The Hall–Kier alpha value is -1.26. The van der Waals surface area contributed by atoms with Gasteiger partial charge in [0.25, 0.3) is 10.0 Å². The van der Waals surface area contributed by atoms with Gasteiger partial charge in [-0.15, -0.1) is 0 Å². The summed E-state index contributed by atoms with van der Waals surface area (Å²) in [6, 6.07) is 10.6. The highest BCUT2D eigenvalue weighted by atomic mass is 79.9. The maximum Gasteiger partial charge on any atom is 0.263 e. The highest BCUT2D eigenvalue weighted by Crippen LogP contribution is 2.30. The fraction of sp³-hybridized carbons (Fsp3) is 0. The van der Waals surface area contributed by atoms with E-state index in [1.165, 1.54) is 36.4 Å². The molecule has 0 fully saturated rings. The molecule has 0 amide bonds. The lowest BCUT2D eigenvalue weighted by atomic mass is 10.2. The first-order valence-corrected chi connectivity index (χ1v) is 8.54. The number of nitriles is 1. The molecule has 0 saturated carbocycles. The lowest BCUT2D eigenvalue weighted by Crippen LogP contribution is -2.14. The van der Waals surface area contributed by atoms with E-state index in [-0.39, 0.29) is 14.9 Å². The quantitative estimate of drug-likeness (QED) is 0.820. The monoisotopic (exact) mass is 404 g/mol. The molecule has 21 heavy (non-hydrogen) atoms. The van der Waals surface area contributed by atoms with Gasteiger partial charge in [-0.05, 0) is 52.3 Å². The van der Waals surface area contributed by atoms with E-state index in [0.717, 1.165) is 0 Å². The van der Waals surface area contributed by atoms with Gasteiger partial charge in [0.15, 0.2) is 0 Å². The third kappa shape index (κ3) is 3.69. The average molecular weight is 406 g/mol. The zero-order valence-corrected chi connectivity index (χ0v) is 14.2. The Kier molecular flexibility index (Phi) is 4.79. The second-order valence-electron chi connectivity index (χ2n) is 3.99. The molecule has 0 aliphatic rings. The van der Waals surface area contributed by atoms with Crippen molar-refractivity contribution >= 4 is 54.8 Å². The van der Waals surface area contributed by atoms with Gasteiger partial charge in [0.2, 0.25) is 0 Å². The van der Waals surface area contributed by atoms with Crippen LogP contribution in [0.3, 0.4) is 0 Å². The Morgan fingerprint density at radius 2 is 1.86 bits per heavy atom. The van der Waals surface area contributed by atoms with E-state index in [1.807, 2.05) is 6.07 Å². The number of hydrogen-bond donors (Lipinski definition) is 1. The number of rotatable bonds is 3. The Morgan fingerprint density at radius 1 is 1.14 bits per heavy atom. The molecule has 4 nitrogen and oxygen atoms in total. The van der Waals surface area contributed by atoms with E-state index in [4.69, 9.17) is 28.5 Å². The summed E-state index contributed by atoms with van der Waals surface area (Å²) in [5.41, 5.74) is 0.704. The van der Waals surface area contributed by atoms with Gasteiger partial charge >= 0.3 is 0 Å². The molecule has 2 rings (SSSR count). The molecule has 108 valence electrons. The number of anilines is 1. The highest BCUT2D eigenvalue weighted by Gasteiger charge is 2.19. The van der Waals surface area contributed by atoms with Crippen LogP contribution in [0.15, 0.2) is 45.8 Å².